The third-order valence-corrected chi connectivity index (χ3v) is 3.59. The van der Waals surface area contributed by atoms with Gasteiger partial charge in [-0.1, -0.05) is 33.6 Å². The largest absolute Gasteiger partial charge is 0.260 e. The Labute approximate surface area is 79.4 Å². The molecular weight excluding hydrogens is 168 g/mol. The summed E-state index contributed by atoms with van der Waals surface area (Å²) in [5, 5.41) is 0. The molecule has 0 N–H and O–H groups in total. The molecule has 1 rings (SSSR count). The Kier molecular flexibility index (Phi) is 7.88. The van der Waals surface area contributed by atoms with Gasteiger partial charge in [0.1, 0.15) is 0 Å². The molecule has 1 heterocycles. The molecule has 0 aromatic carbocycles. The first-order valence-electron chi connectivity index (χ1n) is 5.18. The summed E-state index contributed by atoms with van der Waals surface area (Å²) in [5.41, 5.74) is 0. The summed E-state index contributed by atoms with van der Waals surface area (Å²) in [6.45, 7) is 6.23. The van der Waals surface area contributed by atoms with Crippen LogP contribution in [0.2, 0.25) is 0 Å². The van der Waals surface area contributed by atoms with Crippen LogP contribution in [-0.4, -0.2) is 15.7 Å². The van der Waals surface area contributed by atoms with Gasteiger partial charge in [0.2, 0.25) is 0 Å². The van der Waals surface area contributed by atoms with Crippen molar-refractivity contribution in [3.8, 4) is 0 Å². The van der Waals surface area contributed by atoms with Gasteiger partial charge in [0.15, 0.2) is 0 Å². The van der Waals surface area contributed by atoms with E-state index in [1.54, 1.807) is 0 Å². The normalized spacial score (nSPS) is 28.9. The van der Waals surface area contributed by atoms with Crippen LogP contribution >= 0.6 is 0 Å². The molecule has 0 radical (unpaired) electrons. The lowest BCUT2D eigenvalue weighted by Crippen LogP contribution is -2.18. The number of rotatable bonds is 2. The van der Waals surface area contributed by atoms with E-state index in [1.165, 1.54) is 25.7 Å². The average molecular weight is 190 g/mol. The quantitative estimate of drug-likeness (QED) is 0.654. The predicted octanol–water partition coefficient (Wildman–Crippen LogP) is 2.97. The fraction of sp³-hybridized carbons (Fsp3) is 1.00. The minimum Gasteiger partial charge on any atom is -0.260 e. The second-order valence-corrected chi connectivity index (χ2v) is 4.78. The average Bonchev–Trinajstić information content (AvgIpc) is 2.13. The molecule has 1 aliphatic heterocycles. The van der Waals surface area contributed by atoms with Crippen LogP contribution in [0.5, 0.6) is 0 Å². The van der Waals surface area contributed by atoms with Crippen LogP contribution in [0.4, 0.5) is 0 Å². The lowest BCUT2D eigenvalue weighted by molar-refractivity contribution is 0.442. The van der Waals surface area contributed by atoms with Crippen molar-refractivity contribution in [3.63, 3.8) is 0 Å². The first-order chi connectivity index (χ1) is 5.83. The Hall–Kier alpha value is 0.150. The summed E-state index contributed by atoms with van der Waals surface area (Å²) in [4.78, 5) is 0. The van der Waals surface area contributed by atoms with Gasteiger partial charge in [0, 0.05) is 22.3 Å². The topological polar surface area (TPSA) is 17.1 Å². The highest BCUT2D eigenvalue weighted by Crippen LogP contribution is 2.20. The first-order valence-corrected chi connectivity index (χ1v) is 6.66. The number of hydrogen-bond acceptors (Lipinski definition) is 1. The molecular formula is C10H22OS. The lowest BCUT2D eigenvalue weighted by Gasteiger charge is -2.20. The monoisotopic (exact) mass is 190 g/mol. The van der Waals surface area contributed by atoms with Crippen LogP contribution in [0.3, 0.4) is 0 Å². The van der Waals surface area contributed by atoms with Gasteiger partial charge in [-0.05, 0) is 18.8 Å². The summed E-state index contributed by atoms with van der Waals surface area (Å²) in [6, 6.07) is 0. The molecule has 0 saturated carbocycles. The van der Waals surface area contributed by atoms with Crippen molar-refractivity contribution in [3.05, 3.63) is 0 Å². The van der Waals surface area contributed by atoms with Crippen LogP contribution in [0.15, 0.2) is 0 Å². The molecule has 0 bridgehead atoms. The minimum absolute atomic E-state index is 0.464. The zero-order chi connectivity index (χ0) is 9.40. The third kappa shape index (κ3) is 4.91. The Bertz CT molecular complexity index is 113. The zero-order valence-electron chi connectivity index (χ0n) is 8.64. The molecule has 0 spiro atoms. The number of hydrogen-bond donors (Lipinski definition) is 0. The highest BCUT2D eigenvalue weighted by molar-refractivity contribution is 7.85. The summed E-state index contributed by atoms with van der Waals surface area (Å²) >= 11 is 0. The maximum Gasteiger partial charge on any atom is 0.0237 e. The van der Waals surface area contributed by atoms with E-state index >= 15 is 0 Å². The Morgan fingerprint density at radius 1 is 1.25 bits per heavy atom. The molecule has 0 amide bonds. The highest BCUT2D eigenvalue weighted by Gasteiger charge is 2.16. The molecule has 0 aliphatic carbocycles. The van der Waals surface area contributed by atoms with Gasteiger partial charge >= 0.3 is 0 Å². The zero-order valence-corrected chi connectivity index (χ0v) is 9.45. The van der Waals surface area contributed by atoms with E-state index in [1.807, 2.05) is 13.8 Å². The second-order valence-electron chi connectivity index (χ2n) is 3.08. The first kappa shape index (κ1) is 12.2. The molecule has 0 aromatic rings. The summed E-state index contributed by atoms with van der Waals surface area (Å²) in [6.07, 6.45) is 5.05. The molecule has 12 heavy (non-hydrogen) atoms. The summed E-state index contributed by atoms with van der Waals surface area (Å²) < 4.78 is 10.9. The second kappa shape index (κ2) is 7.78. The molecule has 2 heteroatoms. The molecule has 1 nitrogen and oxygen atoms in total. The fourth-order valence-corrected chi connectivity index (χ4v) is 2.94. The Morgan fingerprint density at radius 3 is 2.17 bits per heavy atom. The third-order valence-electron chi connectivity index (χ3n) is 2.20. The van der Waals surface area contributed by atoms with Gasteiger partial charge in [0.25, 0.3) is 0 Å². The van der Waals surface area contributed by atoms with Gasteiger partial charge in [0.05, 0.1) is 0 Å². The van der Waals surface area contributed by atoms with Crippen LogP contribution in [0, 0.1) is 5.92 Å². The maximum atomic E-state index is 10.9. The molecule has 1 aliphatic rings. The molecule has 0 atom stereocenters. The van der Waals surface area contributed by atoms with Crippen molar-refractivity contribution < 1.29 is 4.21 Å². The van der Waals surface area contributed by atoms with Crippen molar-refractivity contribution in [2.45, 2.75) is 46.5 Å². The van der Waals surface area contributed by atoms with E-state index in [4.69, 9.17) is 0 Å². The van der Waals surface area contributed by atoms with Crippen molar-refractivity contribution in [1.29, 1.82) is 0 Å². The standard InChI is InChI=1S/C8H16OS.C2H6/c1-2-3-8-4-6-10(9)7-5-8;1-2/h8H,2-7H2,1H3;1-2H3. The van der Waals surface area contributed by atoms with E-state index in [0.717, 1.165) is 17.4 Å². The summed E-state index contributed by atoms with van der Waals surface area (Å²) in [7, 11) is -0.464. The van der Waals surface area contributed by atoms with Crippen molar-refractivity contribution >= 4 is 10.8 Å². The van der Waals surface area contributed by atoms with Crippen LogP contribution in [0.1, 0.15) is 46.5 Å². The molecule has 0 aromatic heterocycles. The van der Waals surface area contributed by atoms with Crippen LogP contribution in [-0.2, 0) is 10.8 Å². The predicted molar refractivity (Wildman–Crippen MR) is 56.9 cm³/mol. The molecule has 74 valence electrons. The van der Waals surface area contributed by atoms with Crippen molar-refractivity contribution in [1.82, 2.24) is 0 Å². The van der Waals surface area contributed by atoms with Gasteiger partial charge in [-0.25, -0.2) is 0 Å². The fourth-order valence-electron chi connectivity index (χ4n) is 1.54. The van der Waals surface area contributed by atoms with Gasteiger partial charge in [-0.3, -0.25) is 4.21 Å². The Morgan fingerprint density at radius 2 is 1.75 bits per heavy atom. The van der Waals surface area contributed by atoms with Gasteiger partial charge < -0.3 is 0 Å². The van der Waals surface area contributed by atoms with Crippen LogP contribution in [0.25, 0.3) is 0 Å². The lowest BCUT2D eigenvalue weighted by atomic mass is 9.98. The van der Waals surface area contributed by atoms with Gasteiger partial charge in [-0.15, -0.1) is 0 Å². The van der Waals surface area contributed by atoms with E-state index < -0.39 is 10.8 Å². The van der Waals surface area contributed by atoms with Crippen molar-refractivity contribution in [2.24, 2.45) is 5.92 Å². The highest BCUT2D eigenvalue weighted by atomic mass is 32.2. The maximum absolute atomic E-state index is 10.9. The summed E-state index contributed by atoms with van der Waals surface area (Å²) in [5.74, 6) is 2.82. The van der Waals surface area contributed by atoms with Crippen molar-refractivity contribution in [2.75, 3.05) is 11.5 Å². The van der Waals surface area contributed by atoms with E-state index in [-0.39, 0.29) is 0 Å². The smallest absolute Gasteiger partial charge is 0.0237 e. The Balaban J connectivity index is 0.000000561. The van der Waals surface area contributed by atoms with E-state index in [0.29, 0.717) is 0 Å². The van der Waals surface area contributed by atoms with E-state index in [2.05, 4.69) is 6.92 Å². The van der Waals surface area contributed by atoms with Crippen LogP contribution < -0.4 is 0 Å². The molecule has 1 fully saturated rings. The SMILES string of the molecule is CC.CCCC1CCS(=O)CC1. The molecule has 1 saturated heterocycles. The van der Waals surface area contributed by atoms with E-state index in [9.17, 15) is 4.21 Å². The minimum atomic E-state index is -0.464. The molecule has 0 unspecified atom stereocenters. The van der Waals surface area contributed by atoms with Gasteiger partial charge in [-0.2, -0.15) is 0 Å².